The van der Waals surface area contributed by atoms with Crippen LogP contribution in [0.5, 0.6) is 0 Å². The average Bonchev–Trinajstić information content (AvgIpc) is 2.33. The predicted octanol–water partition coefficient (Wildman–Crippen LogP) is 3.49. The van der Waals surface area contributed by atoms with Crippen LogP contribution in [0.1, 0.15) is 37.8 Å². The van der Waals surface area contributed by atoms with Gasteiger partial charge in [0.05, 0.1) is 5.56 Å². The smallest absolute Gasteiger partial charge is 0.416 e. The van der Waals surface area contributed by atoms with Crippen molar-refractivity contribution < 1.29 is 32.6 Å². The molecule has 1 aliphatic heterocycles. The normalized spacial score (nSPS) is 21.2. The van der Waals surface area contributed by atoms with Gasteiger partial charge in [0.25, 0.3) is 0 Å². The number of carbonyl (C=O) groups excluding carboxylic acids is 1. The van der Waals surface area contributed by atoms with Gasteiger partial charge in [-0.05, 0) is 32.4 Å². The van der Waals surface area contributed by atoms with Crippen molar-refractivity contribution in [2.45, 2.75) is 44.5 Å². The number of aliphatic carboxylic acids is 1. The number of amides is 1. The summed E-state index contributed by atoms with van der Waals surface area (Å²) in [5.41, 5.74) is -1.40. The van der Waals surface area contributed by atoms with Crippen molar-refractivity contribution in [1.82, 2.24) is 4.90 Å². The lowest BCUT2D eigenvalue weighted by atomic mass is 9.82. The molecule has 2 rings (SSSR count). The van der Waals surface area contributed by atoms with Crippen molar-refractivity contribution in [2.75, 3.05) is 6.54 Å². The molecule has 1 heterocycles. The lowest BCUT2D eigenvalue weighted by molar-refractivity contribution is -0.149. The maximum absolute atomic E-state index is 12.8. The molecule has 1 aliphatic rings. The fourth-order valence-electron chi connectivity index (χ4n) is 2.55. The molecular weight excluding hydrogens is 327 g/mol. The Morgan fingerprint density at radius 2 is 1.88 bits per heavy atom. The fourth-order valence-corrected chi connectivity index (χ4v) is 2.55. The number of hydrogen-bond donors (Lipinski definition) is 1. The molecule has 2 atom stereocenters. The number of carbonyl (C=O) groups is 2. The standard InChI is InChI=1S/C16H18F3NO4/c1-15(2,3)24-14(23)20-8-11(12(20)13(21)22)9-5-4-6-10(7-9)16(17,18)19/h4-7,11-12H,8H2,1-3H3,(H,21,22)/t11-,12+/m0/s1. The van der Waals surface area contributed by atoms with Crippen LogP contribution in [0.15, 0.2) is 24.3 Å². The van der Waals surface area contributed by atoms with E-state index in [4.69, 9.17) is 4.74 Å². The lowest BCUT2D eigenvalue weighted by Gasteiger charge is -2.45. The van der Waals surface area contributed by atoms with E-state index in [0.717, 1.165) is 17.0 Å². The number of rotatable bonds is 2. The van der Waals surface area contributed by atoms with E-state index in [-0.39, 0.29) is 12.1 Å². The second-order valence-corrected chi connectivity index (χ2v) is 6.65. The van der Waals surface area contributed by atoms with Crippen molar-refractivity contribution >= 4 is 12.1 Å². The summed E-state index contributed by atoms with van der Waals surface area (Å²) in [6.45, 7) is 4.92. The minimum atomic E-state index is -4.51. The van der Waals surface area contributed by atoms with E-state index in [2.05, 4.69) is 0 Å². The number of alkyl halides is 3. The molecule has 1 amide bonds. The Bertz CT molecular complexity index is 651. The molecule has 1 saturated heterocycles. The summed E-state index contributed by atoms with van der Waals surface area (Å²) in [6.07, 6.45) is -5.30. The zero-order valence-electron chi connectivity index (χ0n) is 13.4. The number of ether oxygens (including phenoxy) is 1. The quantitative estimate of drug-likeness (QED) is 0.891. The third kappa shape index (κ3) is 3.80. The number of benzene rings is 1. The molecule has 0 saturated carbocycles. The van der Waals surface area contributed by atoms with Gasteiger partial charge in [-0.2, -0.15) is 13.2 Å². The highest BCUT2D eigenvalue weighted by molar-refractivity contribution is 5.84. The van der Waals surface area contributed by atoms with E-state index in [1.807, 2.05) is 0 Å². The van der Waals surface area contributed by atoms with Gasteiger partial charge >= 0.3 is 18.2 Å². The molecule has 1 aromatic rings. The average molecular weight is 345 g/mol. The maximum atomic E-state index is 12.8. The van der Waals surface area contributed by atoms with Crippen molar-refractivity contribution in [3.63, 3.8) is 0 Å². The van der Waals surface area contributed by atoms with Crippen LogP contribution in [0.3, 0.4) is 0 Å². The Morgan fingerprint density at radius 3 is 2.38 bits per heavy atom. The van der Waals surface area contributed by atoms with Gasteiger partial charge in [-0.15, -0.1) is 0 Å². The van der Waals surface area contributed by atoms with Crippen LogP contribution < -0.4 is 0 Å². The minimum Gasteiger partial charge on any atom is -0.480 e. The number of halogens is 3. The molecule has 1 aromatic carbocycles. The Hall–Kier alpha value is -2.25. The molecule has 0 bridgehead atoms. The van der Waals surface area contributed by atoms with Crippen molar-refractivity contribution in [3.05, 3.63) is 35.4 Å². The summed E-state index contributed by atoms with van der Waals surface area (Å²) in [4.78, 5) is 24.5. The second-order valence-electron chi connectivity index (χ2n) is 6.65. The number of carboxylic acid groups (broad SMARTS) is 1. The lowest BCUT2D eigenvalue weighted by Crippen LogP contribution is -2.61. The van der Waals surface area contributed by atoms with Gasteiger partial charge in [-0.3, -0.25) is 4.90 Å². The molecule has 24 heavy (non-hydrogen) atoms. The van der Waals surface area contributed by atoms with Crippen LogP contribution in [0, 0.1) is 0 Å². The third-order valence-corrected chi connectivity index (χ3v) is 3.63. The molecule has 0 aliphatic carbocycles. The topological polar surface area (TPSA) is 66.8 Å². The zero-order valence-corrected chi connectivity index (χ0v) is 13.4. The molecule has 1 fully saturated rings. The van der Waals surface area contributed by atoms with Gasteiger partial charge in [-0.25, -0.2) is 9.59 Å². The fraction of sp³-hybridized carbons (Fsp3) is 0.500. The van der Waals surface area contributed by atoms with Gasteiger partial charge in [-0.1, -0.05) is 18.2 Å². The van der Waals surface area contributed by atoms with Crippen LogP contribution in [0.25, 0.3) is 0 Å². The Morgan fingerprint density at radius 1 is 1.25 bits per heavy atom. The van der Waals surface area contributed by atoms with E-state index < -0.39 is 41.4 Å². The third-order valence-electron chi connectivity index (χ3n) is 3.63. The molecule has 8 heteroatoms. The Kier molecular flexibility index (Phi) is 4.52. The summed E-state index contributed by atoms with van der Waals surface area (Å²) < 4.78 is 43.5. The van der Waals surface area contributed by atoms with Gasteiger partial charge in [0.15, 0.2) is 0 Å². The molecule has 0 radical (unpaired) electrons. The maximum Gasteiger partial charge on any atom is 0.416 e. The Balaban J connectivity index is 2.22. The van der Waals surface area contributed by atoms with Gasteiger partial charge in [0, 0.05) is 12.5 Å². The van der Waals surface area contributed by atoms with E-state index in [1.165, 1.54) is 12.1 Å². The number of likely N-dealkylation sites (tertiary alicyclic amines) is 1. The first kappa shape index (κ1) is 18.1. The minimum absolute atomic E-state index is 0.00676. The van der Waals surface area contributed by atoms with E-state index in [0.29, 0.717) is 0 Å². The zero-order chi connectivity index (χ0) is 18.3. The first-order chi connectivity index (χ1) is 10.9. The van der Waals surface area contributed by atoms with Crippen LogP contribution in [0.4, 0.5) is 18.0 Å². The van der Waals surface area contributed by atoms with Gasteiger partial charge in [0.2, 0.25) is 0 Å². The van der Waals surface area contributed by atoms with Crippen LogP contribution in [0.2, 0.25) is 0 Å². The van der Waals surface area contributed by atoms with Gasteiger partial charge in [0.1, 0.15) is 11.6 Å². The van der Waals surface area contributed by atoms with E-state index in [9.17, 15) is 27.9 Å². The van der Waals surface area contributed by atoms with Crippen LogP contribution in [-0.4, -0.2) is 40.3 Å². The predicted molar refractivity (Wildman–Crippen MR) is 78.5 cm³/mol. The van der Waals surface area contributed by atoms with Crippen LogP contribution in [-0.2, 0) is 15.7 Å². The number of carboxylic acids is 1. The summed E-state index contributed by atoms with van der Waals surface area (Å²) >= 11 is 0. The molecular formula is C16H18F3NO4. The second kappa shape index (κ2) is 5.99. The Labute approximate surface area is 137 Å². The molecule has 0 aromatic heterocycles. The van der Waals surface area contributed by atoms with Crippen molar-refractivity contribution in [3.8, 4) is 0 Å². The first-order valence-corrected chi connectivity index (χ1v) is 7.30. The highest BCUT2D eigenvalue weighted by atomic mass is 19.4. The summed E-state index contributed by atoms with van der Waals surface area (Å²) in [7, 11) is 0. The SMILES string of the molecule is CC(C)(C)OC(=O)N1C[C@@H](c2cccc(C(F)(F)F)c2)[C@@H]1C(=O)O. The largest absolute Gasteiger partial charge is 0.480 e. The highest BCUT2D eigenvalue weighted by Crippen LogP contribution is 2.38. The molecule has 0 unspecified atom stereocenters. The number of nitrogens with zero attached hydrogens (tertiary/aromatic N) is 1. The van der Waals surface area contributed by atoms with Crippen LogP contribution >= 0.6 is 0 Å². The summed E-state index contributed by atoms with van der Waals surface area (Å²) in [5, 5.41) is 9.34. The van der Waals surface area contributed by atoms with E-state index in [1.54, 1.807) is 20.8 Å². The number of hydrogen-bond acceptors (Lipinski definition) is 3. The highest BCUT2D eigenvalue weighted by Gasteiger charge is 2.49. The molecule has 1 N–H and O–H groups in total. The van der Waals surface area contributed by atoms with Crippen molar-refractivity contribution in [1.29, 1.82) is 0 Å². The summed E-state index contributed by atoms with van der Waals surface area (Å²) in [5.74, 6) is -1.99. The van der Waals surface area contributed by atoms with Crippen molar-refractivity contribution in [2.24, 2.45) is 0 Å². The first-order valence-electron chi connectivity index (χ1n) is 7.30. The van der Waals surface area contributed by atoms with Gasteiger partial charge < -0.3 is 9.84 Å². The monoisotopic (exact) mass is 345 g/mol. The molecule has 5 nitrogen and oxygen atoms in total. The van der Waals surface area contributed by atoms with E-state index >= 15 is 0 Å². The molecule has 0 spiro atoms. The summed E-state index contributed by atoms with van der Waals surface area (Å²) in [6, 6.07) is 3.26. The molecule has 132 valence electrons.